The van der Waals surface area contributed by atoms with Crippen molar-refractivity contribution in [3.8, 4) is 0 Å². The van der Waals surface area contributed by atoms with Gasteiger partial charge in [0.1, 0.15) is 0 Å². The molecule has 4 heteroatoms. The summed E-state index contributed by atoms with van der Waals surface area (Å²) in [5, 5.41) is 3.15. The molecule has 168 valence electrons. The molecule has 0 aromatic heterocycles. The van der Waals surface area contributed by atoms with Crippen LogP contribution in [-0.4, -0.2) is 29.9 Å². The molecule has 1 saturated heterocycles. The summed E-state index contributed by atoms with van der Waals surface area (Å²) in [4.78, 5) is 0. The lowest BCUT2D eigenvalue weighted by Crippen LogP contribution is -3.04. The van der Waals surface area contributed by atoms with Crippen LogP contribution in [0.5, 0.6) is 0 Å². The summed E-state index contributed by atoms with van der Waals surface area (Å²) in [6, 6.07) is 0. The Labute approximate surface area is 184 Å². The monoisotopic (exact) mass is 456 g/mol. The van der Waals surface area contributed by atoms with Gasteiger partial charge in [-0.2, -0.15) is 0 Å². The maximum Gasteiger partial charge on any atom is 0.0427 e. The van der Waals surface area contributed by atoms with Crippen LogP contribution < -0.4 is 0 Å². The van der Waals surface area contributed by atoms with Crippen molar-refractivity contribution in [1.29, 1.82) is 0 Å². The van der Waals surface area contributed by atoms with E-state index in [9.17, 15) is 0 Å². The topological polar surface area (TPSA) is 0 Å². The Hall–Kier alpha value is 0.868. The predicted octanol–water partition coefficient (Wildman–Crippen LogP) is 8.47. The Morgan fingerprint density at radius 3 is 0.536 bits per heavy atom. The van der Waals surface area contributed by atoms with E-state index in [-0.39, 0.29) is 0 Å². The average molecular weight is 457 g/mol. The van der Waals surface area contributed by atoms with Gasteiger partial charge in [0.15, 0.2) is 0 Å². The lowest BCUT2D eigenvalue weighted by molar-refractivity contribution is 0.604. The van der Waals surface area contributed by atoms with Crippen molar-refractivity contribution in [2.24, 2.45) is 0 Å². The molecule has 0 atom stereocenters. The minimum Gasteiger partial charge on any atom is -0.0634 e. The molecule has 0 bridgehead atoms. The molecule has 0 aliphatic carbocycles. The molecule has 0 radical (unpaired) electrons. The second-order valence-electron chi connectivity index (χ2n) is 16.3. The zero-order valence-corrected chi connectivity index (χ0v) is 27.5. The third-order valence-electron chi connectivity index (χ3n) is 8.52. The smallest absolute Gasteiger partial charge is 0.0427 e. The van der Waals surface area contributed by atoms with E-state index in [1.165, 1.54) is 0 Å². The Morgan fingerprint density at radius 2 is 0.464 bits per heavy atom. The molecule has 0 saturated carbocycles. The van der Waals surface area contributed by atoms with Gasteiger partial charge in [-0.25, -0.2) is 0 Å². The normalized spacial score (nSPS) is 26.8. The van der Waals surface area contributed by atoms with Crippen LogP contribution in [0.2, 0.25) is 30.2 Å². The van der Waals surface area contributed by atoms with Gasteiger partial charge in [0, 0.05) is 29.9 Å². The Morgan fingerprint density at radius 1 is 0.321 bits per heavy atom. The molecule has 1 rings (SSSR count). The molecule has 0 N–H and O–H groups in total. The first kappa shape index (κ1) is 26.9. The quantitative estimate of drug-likeness (QED) is 0.320. The summed E-state index contributed by atoms with van der Waals surface area (Å²) in [6.45, 7) is 48.3. The first-order valence-electron chi connectivity index (χ1n) is 11.7. The Balaban J connectivity index is 4.32. The molecule has 0 aromatic rings. The van der Waals surface area contributed by atoms with Gasteiger partial charge in [0.25, 0.3) is 0 Å². The standard InChI is InChI=1S/C24H56Si4/c1-19(2,3)25-27(21(7,8)9,22(10,11)12)26(20(4,5)6)28(25,23(13,14)15)24(16,17)18/h25-26H,1-18H3. The van der Waals surface area contributed by atoms with Gasteiger partial charge in [-0.3, -0.25) is 0 Å². The van der Waals surface area contributed by atoms with E-state index in [2.05, 4.69) is 125 Å². The predicted molar refractivity (Wildman–Crippen MR) is 144 cm³/mol. The average Bonchev–Trinajstić information content (AvgIpc) is 2.13. The molecule has 1 aliphatic rings. The van der Waals surface area contributed by atoms with Crippen molar-refractivity contribution < 1.29 is 0 Å². The molecule has 1 heterocycles. The van der Waals surface area contributed by atoms with Gasteiger partial charge in [0.2, 0.25) is 0 Å². The highest BCUT2D eigenvalue weighted by Gasteiger charge is 2.87. The van der Waals surface area contributed by atoms with E-state index >= 15 is 0 Å². The van der Waals surface area contributed by atoms with Crippen molar-refractivity contribution in [1.82, 2.24) is 0 Å². The minimum absolute atomic E-state index is 0.520. The van der Waals surface area contributed by atoms with Gasteiger partial charge in [-0.15, -0.1) is 0 Å². The zero-order chi connectivity index (χ0) is 23.2. The van der Waals surface area contributed by atoms with Crippen molar-refractivity contribution in [2.45, 2.75) is 155 Å². The summed E-state index contributed by atoms with van der Waals surface area (Å²) >= 11 is 0. The maximum atomic E-state index is 2.69. The number of hydrogen-bond acceptors (Lipinski definition) is 0. The van der Waals surface area contributed by atoms with E-state index in [1.807, 2.05) is 0 Å². The summed E-state index contributed by atoms with van der Waals surface area (Å²) < 4.78 is 0. The number of rotatable bonds is 0. The molecule has 1 aliphatic heterocycles. The molecule has 0 nitrogen and oxygen atoms in total. The highest BCUT2D eigenvalue weighted by molar-refractivity contribution is 8.07. The van der Waals surface area contributed by atoms with Gasteiger partial charge < -0.3 is 0 Å². The van der Waals surface area contributed by atoms with Crippen LogP contribution in [0.3, 0.4) is 0 Å². The van der Waals surface area contributed by atoms with Gasteiger partial charge >= 0.3 is 0 Å². The Kier molecular flexibility index (Phi) is 6.42. The van der Waals surface area contributed by atoms with Gasteiger partial charge in [0.05, 0.1) is 0 Å². The molecule has 28 heavy (non-hydrogen) atoms. The Bertz CT molecular complexity index is 483. The van der Waals surface area contributed by atoms with Crippen molar-refractivity contribution in [2.75, 3.05) is 0 Å². The van der Waals surface area contributed by atoms with Crippen molar-refractivity contribution in [3.63, 3.8) is 0 Å². The molecule has 0 aromatic carbocycles. The number of hydrogen-bond donors (Lipinski definition) is 0. The van der Waals surface area contributed by atoms with Gasteiger partial charge in [-0.1, -0.05) is 125 Å². The summed E-state index contributed by atoms with van der Waals surface area (Å²) in [5.74, 6) is 0. The van der Waals surface area contributed by atoms with Crippen LogP contribution in [0.25, 0.3) is 0 Å². The van der Waals surface area contributed by atoms with Crippen LogP contribution in [0, 0.1) is 0 Å². The van der Waals surface area contributed by atoms with E-state index in [0.717, 1.165) is 0 Å². The molecule has 0 unspecified atom stereocenters. The second-order valence-corrected chi connectivity index (χ2v) is 56.3. The van der Waals surface area contributed by atoms with E-state index < -0.39 is 29.9 Å². The van der Waals surface area contributed by atoms with E-state index in [4.69, 9.17) is 0 Å². The molecular weight excluding hydrogens is 401 g/mol. The molecule has 0 spiro atoms. The molecular formula is C24H56Si4. The fourth-order valence-electron chi connectivity index (χ4n) is 9.40. The van der Waals surface area contributed by atoms with Crippen LogP contribution in [0.4, 0.5) is 0 Å². The lowest BCUT2D eigenvalue weighted by Gasteiger charge is -2.85. The van der Waals surface area contributed by atoms with Crippen LogP contribution in [-0.2, 0) is 0 Å². The lowest BCUT2D eigenvalue weighted by atomic mass is 10.2. The summed E-state index contributed by atoms with van der Waals surface area (Å²) in [6.07, 6.45) is 0. The van der Waals surface area contributed by atoms with E-state index in [1.54, 1.807) is 0 Å². The largest absolute Gasteiger partial charge is 0.0634 e. The fraction of sp³-hybridized carbons (Fsp3) is 1.00. The minimum atomic E-state index is -1.49. The third kappa shape index (κ3) is 3.39. The highest BCUT2D eigenvalue weighted by Crippen LogP contribution is 2.76. The van der Waals surface area contributed by atoms with Crippen LogP contribution >= 0.6 is 0 Å². The van der Waals surface area contributed by atoms with Crippen LogP contribution in [0.1, 0.15) is 125 Å². The first-order valence-corrected chi connectivity index (χ1v) is 24.1. The maximum absolute atomic E-state index is 2.69. The SMILES string of the molecule is CC(C)(C)[SiH]1[Si](C(C)(C)C)(C(C)(C)C)[SiH](C(C)(C)C)[Si]1(C(C)(C)C)C(C)(C)C. The van der Waals surface area contributed by atoms with Crippen molar-refractivity contribution in [3.05, 3.63) is 0 Å². The van der Waals surface area contributed by atoms with E-state index in [0.29, 0.717) is 30.2 Å². The second kappa shape index (κ2) is 6.68. The summed E-state index contributed by atoms with van der Waals surface area (Å²) in [5.41, 5.74) is 0. The van der Waals surface area contributed by atoms with Crippen molar-refractivity contribution >= 4 is 29.9 Å². The van der Waals surface area contributed by atoms with Crippen LogP contribution in [0.15, 0.2) is 0 Å². The van der Waals surface area contributed by atoms with Gasteiger partial charge in [-0.05, 0) is 30.2 Å². The molecule has 0 amide bonds. The fourth-order valence-corrected chi connectivity index (χ4v) is 169. The summed E-state index contributed by atoms with van der Waals surface area (Å²) in [7, 11) is -5.00. The highest BCUT2D eigenvalue weighted by atomic mass is 30.2. The first-order chi connectivity index (χ1) is 11.7. The molecule has 1 fully saturated rings. The third-order valence-corrected chi connectivity index (χ3v) is 108. The zero-order valence-electron chi connectivity index (χ0n) is 23.2.